The molecule has 0 saturated carbocycles. The van der Waals surface area contributed by atoms with Crippen molar-refractivity contribution < 1.29 is 14.6 Å². The molecule has 4 heteroatoms. The van der Waals surface area contributed by atoms with E-state index in [0.29, 0.717) is 0 Å². The summed E-state index contributed by atoms with van der Waals surface area (Å²) in [5.74, 6) is -0.900. The number of ether oxygens (including phenoxy) is 1. The number of rotatable bonds is 4. The summed E-state index contributed by atoms with van der Waals surface area (Å²) in [6.45, 7) is 3.53. The molecule has 0 aliphatic carbocycles. The summed E-state index contributed by atoms with van der Waals surface area (Å²) in [4.78, 5) is 10.2. The largest absolute Gasteiger partial charge is 0.481 e. The molecule has 66 valence electrons. The zero-order chi connectivity index (χ0) is 9.07. The van der Waals surface area contributed by atoms with E-state index in [4.69, 9.17) is 15.6 Å². The summed E-state index contributed by atoms with van der Waals surface area (Å²) in [6.07, 6.45) is -0.0686. The zero-order valence-corrected chi connectivity index (χ0v) is 7.13. The van der Waals surface area contributed by atoms with Crippen molar-refractivity contribution in [2.75, 3.05) is 7.11 Å². The summed E-state index contributed by atoms with van der Waals surface area (Å²) in [6, 6.07) is -0.468. The first-order valence-electron chi connectivity index (χ1n) is 3.42. The summed E-state index contributed by atoms with van der Waals surface area (Å²) < 4.78 is 5.01. The molecule has 4 nitrogen and oxygen atoms in total. The van der Waals surface area contributed by atoms with Crippen LogP contribution in [0.3, 0.4) is 0 Å². The Kier molecular flexibility index (Phi) is 3.48. The van der Waals surface area contributed by atoms with Gasteiger partial charge in [0, 0.05) is 13.2 Å². The topological polar surface area (TPSA) is 72.5 Å². The molecule has 0 fully saturated rings. The van der Waals surface area contributed by atoms with Gasteiger partial charge in [-0.1, -0.05) is 0 Å². The van der Waals surface area contributed by atoms with E-state index in [-0.39, 0.29) is 6.42 Å². The van der Waals surface area contributed by atoms with Crippen molar-refractivity contribution in [1.82, 2.24) is 0 Å². The standard InChI is InChI=1S/C7H15NO3/c1-7(2,11-3)5(8)4-6(9)10/h5H,4,8H2,1-3H3,(H,9,10). The van der Waals surface area contributed by atoms with Gasteiger partial charge in [0.25, 0.3) is 0 Å². The van der Waals surface area contributed by atoms with Crippen LogP contribution in [0.25, 0.3) is 0 Å². The van der Waals surface area contributed by atoms with Gasteiger partial charge in [-0.05, 0) is 13.8 Å². The summed E-state index contributed by atoms with van der Waals surface area (Å²) >= 11 is 0. The van der Waals surface area contributed by atoms with Crippen LogP contribution in [0.2, 0.25) is 0 Å². The monoisotopic (exact) mass is 161 g/mol. The second-order valence-corrected chi connectivity index (χ2v) is 3.01. The minimum atomic E-state index is -0.900. The molecule has 0 radical (unpaired) electrons. The molecule has 0 aromatic heterocycles. The van der Waals surface area contributed by atoms with Crippen LogP contribution in [0.4, 0.5) is 0 Å². The fourth-order valence-electron chi connectivity index (χ4n) is 0.585. The third-order valence-corrected chi connectivity index (χ3v) is 1.81. The quantitative estimate of drug-likeness (QED) is 0.618. The molecule has 1 atom stereocenters. The molecule has 1 unspecified atom stereocenters. The molecule has 0 heterocycles. The fraction of sp³-hybridized carbons (Fsp3) is 0.857. The average Bonchev–Trinajstić information content (AvgIpc) is 1.86. The highest BCUT2D eigenvalue weighted by molar-refractivity contribution is 5.67. The van der Waals surface area contributed by atoms with E-state index in [1.807, 2.05) is 0 Å². The summed E-state index contributed by atoms with van der Waals surface area (Å²) in [5, 5.41) is 8.41. The predicted octanol–water partition coefficient (Wildman–Crippen LogP) is 0.213. The van der Waals surface area contributed by atoms with E-state index in [1.54, 1.807) is 13.8 Å². The molecular formula is C7H15NO3. The van der Waals surface area contributed by atoms with E-state index >= 15 is 0 Å². The molecule has 11 heavy (non-hydrogen) atoms. The average molecular weight is 161 g/mol. The van der Waals surface area contributed by atoms with Crippen LogP contribution in [0.15, 0.2) is 0 Å². The Hall–Kier alpha value is -0.610. The maximum absolute atomic E-state index is 10.2. The van der Waals surface area contributed by atoms with Gasteiger partial charge in [0.1, 0.15) is 0 Å². The lowest BCUT2D eigenvalue weighted by Gasteiger charge is -2.28. The fourth-order valence-corrected chi connectivity index (χ4v) is 0.585. The molecule has 0 saturated heterocycles. The summed E-state index contributed by atoms with van der Waals surface area (Å²) in [5.41, 5.74) is 4.99. The van der Waals surface area contributed by atoms with Crippen LogP contribution >= 0.6 is 0 Å². The van der Waals surface area contributed by atoms with Crippen molar-refractivity contribution in [3.63, 3.8) is 0 Å². The molecule has 3 N–H and O–H groups in total. The number of nitrogens with two attached hydrogens (primary N) is 1. The molecule has 0 aliphatic rings. The smallest absolute Gasteiger partial charge is 0.305 e. The van der Waals surface area contributed by atoms with Gasteiger partial charge in [0.2, 0.25) is 0 Å². The minimum Gasteiger partial charge on any atom is -0.481 e. The second kappa shape index (κ2) is 3.69. The van der Waals surface area contributed by atoms with Crippen LogP contribution in [-0.2, 0) is 9.53 Å². The van der Waals surface area contributed by atoms with Gasteiger partial charge in [-0.2, -0.15) is 0 Å². The Morgan fingerprint density at radius 1 is 1.73 bits per heavy atom. The van der Waals surface area contributed by atoms with Crippen molar-refractivity contribution in [2.24, 2.45) is 5.73 Å². The van der Waals surface area contributed by atoms with Crippen LogP contribution in [0.1, 0.15) is 20.3 Å². The van der Waals surface area contributed by atoms with Gasteiger partial charge in [-0.25, -0.2) is 0 Å². The van der Waals surface area contributed by atoms with E-state index in [0.717, 1.165) is 0 Å². The lowest BCUT2D eigenvalue weighted by molar-refractivity contribution is -0.139. The van der Waals surface area contributed by atoms with Crippen molar-refractivity contribution in [3.05, 3.63) is 0 Å². The van der Waals surface area contributed by atoms with Crippen LogP contribution in [0, 0.1) is 0 Å². The second-order valence-electron chi connectivity index (χ2n) is 3.01. The Balaban J connectivity index is 4.01. The maximum Gasteiger partial charge on any atom is 0.305 e. The van der Waals surface area contributed by atoms with Crippen molar-refractivity contribution in [1.29, 1.82) is 0 Å². The molecule has 0 aromatic carbocycles. The molecule has 0 aromatic rings. The van der Waals surface area contributed by atoms with Crippen LogP contribution in [0.5, 0.6) is 0 Å². The van der Waals surface area contributed by atoms with Gasteiger partial charge in [-0.15, -0.1) is 0 Å². The molecule has 0 rings (SSSR count). The Morgan fingerprint density at radius 2 is 2.18 bits per heavy atom. The molecule has 0 spiro atoms. The number of methoxy groups -OCH3 is 1. The number of hydrogen-bond donors (Lipinski definition) is 2. The molecule has 0 aliphatic heterocycles. The maximum atomic E-state index is 10.2. The molecular weight excluding hydrogens is 146 g/mol. The molecule has 0 bridgehead atoms. The van der Waals surface area contributed by atoms with Gasteiger partial charge in [0.05, 0.1) is 12.0 Å². The van der Waals surface area contributed by atoms with E-state index in [1.165, 1.54) is 7.11 Å². The zero-order valence-electron chi connectivity index (χ0n) is 7.13. The number of aliphatic carboxylic acids is 1. The first-order chi connectivity index (χ1) is 4.90. The Bertz CT molecular complexity index is 145. The normalized spacial score (nSPS) is 14.5. The minimum absolute atomic E-state index is 0.0686. The first-order valence-corrected chi connectivity index (χ1v) is 3.42. The highest BCUT2D eigenvalue weighted by Gasteiger charge is 2.27. The van der Waals surface area contributed by atoms with Crippen LogP contribution < -0.4 is 5.73 Å². The van der Waals surface area contributed by atoms with Crippen molar-refractivity contribution in [2.45, 2.75) is 31.9 Å². The van der Waals surface area contributed by atoms with Crippen molar-refractivity contribution >= 4 is 5.97 Å². The van der Waals surface area contributed by atoms with Crippen molar-refractivity contribution in [3.8, 4) is 0 Å². The number of carbonyl (C=O) groups is 1. The molecule has 0 amide bonds. The van der Waals surface area contributed by atoms with Crippen LogP contribution in [-0.4, -0.2) is 29.8 Å². The first kappa shape index (κ1) is 10.4. The SMILES string of the molecule is COC(C)(C)C(N)CC(=O)O. The number of hydrogen-bond acceptors (Lipinski definition) is 3. The lowest BCUT2D eigenvalue weighted by atomic mass is 9.97. The lowest BCUT2D eigenvalue weighted by Crippen LogP contribution is -2.45. The highest BCUT2D eigenvalue weighted by Crippen LogP contribution is 2.13. The van der Waals surface area contributed by atoms with E-state index < -0.39 is 17.6 Å². The third-order valence-electron chi connectivity index (χ3n) is 1.81. The number of carboxylic acids is 1. The van der Waals surface area contributed by atoms with Gasteiger partial charge >= 0.3 is 5.97 Å². The summed E-state index contributed by atoms with van der Waals surface area (Å²) in [7, 11) is 1.52. The third kappa shape index (κ3) is 3.34. The highest BCUT2D eigenvalue weighted by atomic mass is 16.5. The van der Waals surface area contributed by atoms with Gasteiger partial charge in [0.15, 0.2) is 0 Å². The predicted molar refractivity (Wildman–Crippen MR) is 41.3 cm³/mol. The van der Waals surface area contributed by atoms with Gasteiger partial charge in [-0.3, -0.25) is 4.79 Å². The van der Waals surface area contributed by atoms with Gasteiger partial charge < -0.3 is 15.6 Å². The number of carboxylic acid groups (broad SMARTS) is 1. The Labute approximate surface area is 66.3 Å². The van der Waals surface area contributed by atoms with E-state index in [9.17, 15) is 4.79 Å². The Morgan fingerprint density at radius 3 is 2.45 bits per heavy atom. The van der Waals surface area contributed by atoms with E-state index in [2.05, 4.69) is 0 Å².